The summed E-state index contributed by atoms with van der Waals surface area (Å²) in [6, 6.07) is 12.2. The van der Waals surface area contributed by atoms with Crippen LogP contribution in [0.25, 0.3) is 0 Å². The molecule has 0 radical (unpaired) electrons. The molecule has 9 heteroatoms. The van der Waals surface area contributed by atoms with Crippen molar-refractivity contribution in [2.24, 2.45) is 0 Å². The average Bonchev–Trinajstić information content (AvgIpc) is 2.72. The summed E-state index contributed by atoms with van der Waals surface area (Å²) in [5.41, 5.74) is 5.55. The van der Waals surface area contributed by atoms with Gasteiger partial charge in [0.15, 0.2) is 0 Å². The predicted molar refractivity (Wildman–Crippen MR) is 99.5 cm³/mol. The molecule has 1 amide bonds. The first-order valence-corrected chi connectivity index (χ1v) is 8.63. The topological polar surface area (TPSA) is 125 Å². The van der Waals surface area contributed by atoms with Crippen LogP contribution in [0.4, 0.5) is 11.4 Å². The zero-order valence-electron chi connectivity index (χ0n) is 14.9. The van der Waals surface area contributed by atoms with Crippen molar-refractivity contribution < 1.29 is 24.0 Å². The molecule has 2 aromatic carbocycles. The highest BCUT2D eigenvalue weighted by molar-refractivity contribution is 5.94. The van der Waals surface area contributed by atoms with Gasteiger partial charge in [-0.2, -0.15) is 0 Å². The molecule has 0 aromatic heterocycles. The molecule has 1 aliphatic rings. The van der Waals surface area contributed by atoms with Crippen molar-refractivity contribution in [2.75, 3.05) is 32.0 Å². The molecule has 0 aliphatic carbocycles. The van der Waals surface area contributed by atoms with Gasteiger partial charge >= 0.3 is 5.97 Å². The molecule has 3 rings (SSSR count). The molecule has 1 atom stereocenters. The van der Waals surface area contributed by atoms with Crippen LogP contribution < -0.4 is 5.73 Å². The number of amides is 1. The van der Waals surface area contributed by atoms with Gasteiger partial charge in [-0.25, -0.2) is 4.79 Å². The Balaban J connectivity index is 1.87. The van der Waals surface area contributed by atoms with Gasteiger partial charge in [0, 0.05) is 24.7 Å². The van der Waals surface area contributed by atoms with Crippen molar-refractivity contribution >= 4 is 23.3 Å². The van der Waals surface area contributed by atoms with Crippen LogP contribution in [-0.2, 0) is 14.3 Å². The van der Waals surface area contributed by atoms with Gasteiger partial charge in [0.2, 0.25) is 6.10 Å². The second-order valence-electron chi connectivity index (χ2n) is 6.16. The number of rotatable bonds is 5. The smallest absolute Gasteiger partial charge is 0.339 e. The standard InChI is InChI=1S/C19H19N3O6/c20-15-7-6-14(12-16(15)22(25)26)19(24)28-17(13-4-2-1-3-5-13)18(23)21-8-10-27-11-9-21/h1-7,12,17H,8-11,20H2. The lowest BCUT2D eigenvalue weighted by atomic mass is 10.1. The van der Waals surface area contributed by atoms with Gasteiger partial charge in [0.05, 0.1) is 23.7 Å². The summed E-state index contributed by atoms with van der Waals surface area (Å²) in [7, 11) is 0. The fourth-order valence-electron chi connectivity index (χ4n) is 2.84. The van der Waals surface area contributed by atoms with Gasteiger partial charge in [-0.05, 0) is 12.1 Å². The number of carbonyl (C=O) groups excluding carboxylic acids is 2. The van der Waals surface area contributed by atoms with Gasteiger partial charge in [0.25, 0.3) is 11.6 Å². The predicted octanol–water partition coefficient (Wildman–Crippen LogP) is 1.93. The van der Waals surface area contributed by atoms with Crippen molar-refractivity contribution in [1.29, 1.82) is 0 Å². The van der Waals surface area contributed by atoms with Gasteiger partial charge in [-0.1, -0.05) is 30.3 Å². The van der Waals surface area contributed by atoms with Crippen LogP contribution in [0.2, 0.25) is 0 Å². The number of carbonyl (C=O) groups is 2. The molecule has 1 aliphatic heterocycles. The Morgan fingerprint density at radius 3 is 2.46 bits per heavy atom. The molecule has 2 N–H and O–H groups in total. The largest absolute Gasteiger partial charge is 0.444 e. The first-order chi connectivity index (χ1) is 13.5. The summed E-state index contributed by atoms with van der Waals surface area (Å²) in [5.74, 6) is -1.22. The Morgan fingerprint density at radius 2 is 1.82 bits per heavy atom. The Labute approximate surface area is 160 Å². The fourth-order valence-corrected chi connectivity index (χ4v) is 2.84. The summed E-state index contributed by atoms with van der Waals surface area (Å²) >= 11 is 0. The van der Waals surface area contributed by atoms with Crippen LogP contribution in [-0.4, -0.2) is 48.0 Å². The molecule has 28 heavy (non-hydrogen) atoms. The first kappa shape index (κ1) is 19.3. The number of anilines is 1. The van der Waals surface area contributed by atoms with Crippen LogP contribution in [0, 0.1) is 10.1 Å². The number of benzene rings is 2. The molecule has 1 heterocycles. The molecule has 1 saturated heterocycles. The van der Waals surface area contributed by atoms with Gasteiger partial charge < -0.3 is 20.1 Å². The minimum atomic E-state index is -1.16. The zero-order chi connectivity index (χ0) is 20.1. The molecule has 0 spiro atoms. The minimum Gasteiger partial charge on any atom is -0.444 e. The van der Waals surface area contributed by atoms with Crippen LogP contribution in [0.15, 0.2) is 48.5 Å². The second kappa shape index (κ2) is 8.49. The van der Waals surface area contributed by atoms with Gasteiger partial charge in [-0.3, -0.25) is 14.9 Å². The van der Waals surface area contributed by atoms with Crippen molar-refractivity contribution in [3.8, 4) is 0 Å². The number of nitrogens with zero attached hydrogens (tertiary/aromatic N) is 2. The van der Waals surface area contributed by atoms with E-state index in [0.29, 0.717) is 31.9 Å². The van der Waals surface area contributed by atoms with Crippen LogP contribution in [0.1, 0.15) is 22.0 Å². The quantitative estimate of drug-likeness (QED) is 0.361. The Bertz CT molecular complexity index is 880. The summed E-state index contributed by atoms with van der Waals surface area (Å²) in [5, 5.41) is 11.1. The minimum absolute atomic E-state index is 0.0587. The van der Waals surface area contributed by atoms with E-state index in [1.165, 1.54) is 12.1 Å². The van der Waals surface area contributed by atoms with Gasteiger partial charge in [-0.15, -0.1) is 0 Å². The summed E-state index contributed by atoms with van der Waals surface area (Å²) in [4.78, 5) is 37.5. The maximum absolute atomic E-state index is 13.0. The third-order valence-electron chi connectivity index (χ3n) is 4.34. The van der Waals surface area contributed by atoms with Crippen molar-refractivity contribution in [3.63, 3.8) is 0 Å². The van der Waals surface area contributed by atoms with E-state index in [1.807, 2.05) is 0 Å². The van der Waals surface area contributed by atoms with Gasteiger partial charge in [0.1, 0.15) is 5.69 Å². The van der Waals surface area contributed by atoms with E-state index in [9.17, 15) is 19.7 Å². The Hall–Kier alpha value is -3.46. The van der Waals surface area contributed by atoms with E-state index in [4.69, 9.17) is 15.2 Å². The Morgan fingerprint density at radius 1 is 1.14 bits per heavy atom. The van der Waals surface area contributed by atoms with E-state index in [1.54, 1.807) is 35.2 Å². The summed E-state index contributed by atoms with van der Waals surface area (Å²) in [6.45, 7) is 1.61. The molecule has 0 saturated carbocycles. The zero-order valence-corrected chi connectivity index (χ0v) is 14.9. The lowest BCUT2D eigenvalue weighted by Gasteiger charge is -2.30. The number of nitro groups is 1. The molecule has 0 bridgehead atoms. The van der Waals surface area contributed by atoms with Crippen molar-refractivity contribution in [1.82, 2.24) is 4.90 Å². The third-order valence-corrected chi connectivity index (χ3v) is 4.34. The molecule has 2 aromatic rings. The number of morpholine rings is 1. The van der Waals surface area contributed by atoms with E-state index >= 15 is 0 Å². The molecular weight excluding hydrogens is 366 g/mol. The Kier molecular flexibility index (Phi) is 5.85. The highest BCUT2D eigenvalue weighted by Crippen LogP contribution is 2.26. The summed E-state index contributed by atoms with van der Waals surface area (Å²) < 4.78 is 10.7. The SMILES string of the molecule is Nc1ccc(C(=O)OC(C(=O)N2CCOCC2)c2ccccc2)cc1[N+](=O)[O-]. The van der Waals surface area contributed by atoms with E-state index < -0.39 is 22.7 Å². The van der Waals surface area contributed by atoms with E-state index in [-0.39, 0.29) is 17.2 Å². The monoisotopic (exact) mass is 385 g/mol. The number of ether oxygens (including phenoxy) is 2. The number of nitro benzene ring substituents is 1. The number of nitrogen functional groups attached to an aromatic ring is 1. The maximum atomic E-state index is 13.0. The van der Waals surface area contributed by atoms with Crippen LogP contribution >= 0.6 is 0 Å². The maximum Gasteiger partial charge on any atom is 0.339 e. The van der Waals surface area contributed by atoms with E-state index in [0.717, 1.165) is 6.07 Å². The fraction of sp³-hybridized carbons (Fsp3) is 0.263. The number of esters is 1. The molecule has 1 unspecified atom stereocenters. The number of hydrogen-bond donors (Lipinski definition) is 1. The second-order valence-corrected chi connectivity index (χ2v) is 6.16. The lowest BCUT2D eigenvalue weighted by molar-refractivity contribution is -0.383. The molecule has 1 fully saturated rings. The highest BCUT2D eigenvalue weighted by atomic mass is 16.6. The summed E-state index contributed by atoms with van der Waals surface area (Å²) in [6.07, 6.45) is -1.16. The number of hydrogen-bond acceptors (Lipinski definition) is 7. The van der Waals surface area contributed by atoms with Crippen molar-refractivity contribution in [3.05, 3.63) is 69.8 Å². The first-order valence-electron chi connectivity index (χ1n) is 8.63. The molecule has 146 valence electrons. The normalized spacial score (nSPS) is 14.9. The van der Waals surface area contributed by atoms with Crippen LogP contribution in [0.5, 0.6) is 0 Å². The average molecular weight is 385 g/mol. The lowest BCUT2D eigenvalue weighted by Crippen LogP contribution is -2.44. The van der Waals surface area contributed by atoms with Crippen molar-refractivity contribution in [2.45, 2.75) is 6.10 Å². The van der Waals surface area contributed by atoms with Crippen LogP contribution in [0.3, 0.4) is 0 Å². The number of nitrogens with two attached hydrogens (primary N) is 1. The molecule has 9 nitrogen and oxygen atoms in total. The highest BCUT2D eigenvalue weighted by Gasteiger charge is 2.31. The molecular formula is C19H19N3O6. The third kappa shape index (κ3) is 4.26. The van der Waals surface area contributed by atoms with E-state index in [2.05, 4.69) is 0 Å².